The van der Waals surface area contributed by atoms with Crippen LogP contribution in [-0.2, 0) is 4.79 Å². The molecule has 0 aliphatic carbocycles. The van der Waals surface area contributed by atoms with Gasteiger partial charge >= 0.3 is 0 Å². The molecule has 1 amide bonds. The van der Waals surface area contributed by atoms with E-state index in [0.717, 1.165) is 28.2 Å². The molecule has 0 saturated heterocycles. The van der Waals surface area contributed by atoms with Crippen LogP contribution in [0.5, 0.6) is 5.75 Å². The third-order valence-corrected chi connectivity index (χ3v) is 4.11. The minimum Gasteiger partial charge on any atom is -0.482 e. The standard InChI is InChI=1S/C20H17N3O2/c1-13-4-2-3-5-16(13)22-19-11-15(8-9-21-19)14-6-7-18-17(10-14)23-20(24)12-25-18/h2-11H,12H2,1H3,(H,21,22)(H,23,24). The van der Waals surface area contributed by atoms with Crippen LogP contribution < -0.4 is 15.4 Å². The average Bonchev–Trinajstić information content (AvgIpc) is 2.63. The van der Waals surface area contributed by atoms with E-state index in [1.54, 1.807) is 6.20 Å². The van der Waals surface area contributed by atoms with Crippen molar-refractivity contribution in [3.05, 3.63) is 66.4 Å². The third-order valence-electron chi connectivity index (χ3n) is 4.11. The summed E-state index contributed by atoms with van der Waals surface area (Å²) in [7, 11) is 0. The van der Waals surface area contributed by atoms with Crippen molar-refractivity contribution in [3.63, 3.8) is 0 Å². The molecule has 0 spiro atoms. The van der Waals surface area contributed by atoms with Gasteiger partial charge in [0.15, 0.2) is 6.61 Å². The summed E-state index contributed by atoms with van der Waals surface area (Å²) in [5, 5.41) is 6.18. The molecule has 25 heavy (non-hydrogen) atoms. The van der Waals surface area contributed by atoms with Gasteiger partial charge in [0.1, 0.15) is 11.6 Å². The number of fused-ring (bicyclic) bond motifs is 1. The maximum absolute atomic E-state index is 11.5. The molecular weight excluding hydrogens is 314 g/mol. The first kappa shape index (κ1) is 15.2. The highest BCUT2D eigenvalue weighted by molar-refractivity contribution is 5.96. The fraction of sp³-hybridized carbons (Fsp3) is 0.100. The number of aromatic nitrogens is 1. The number of pyridine rings is 1. The molecule has 124 valence electrons. The Morgan fingerprint density at radius 1 is 1.08 bits per heavy atom. The van der Waals surface area contributed by atoms with Crippen molar-refractivity contribution in [3.8, 4) is 16.9 Å². The molecule has 0 unspecified atom stereocenters. The Morgan fingerprint density at radius 2 is 1.92 bits per heavy atom. The maximum atomic E-state index is 11.5. The molecule has 0 bridgehead atoms. The molecule has 5 heteroatoms. The van der Waals surface area contributed by atoms with Crippen molar-refractivity contribution in [1.29, 1.82) is 0 Å². The van der Waals surface area contributed by atoms with Crippen LogP contribution in [0.3, 0.4) is 0 Å². The number of hydrogen-bond acceptors (Lipinski definition) is 4. The second-order valence-electron chi connectivity index (χ2n) is 5.92. The van der Waals surface area contributed by atoms with Crippen molar-refractivity contribution < 1.29 is 9.53 Å². The van der Waals surface area contributed by atoms with Gasteiger partial charge in [-0.15, -0.1) is 0 Å². The van der Waals surface area contributed by atoms with E-state index in [1.807, 2.05) is 48.5 Å². The second kappa shape index (κ2) is 6.28. The lowest BCUT2D eigenvalue weighted by molar-refractivity contribution is -0.118. The molecule has 2 N–H and O–H groups in total. The molecule has 5 nitrogen and oxygen atoms in total. The van der Waals surface area contributed by atoms with E-state index >= 15 is 0 Å². The Bertz CT molecular complexity index is 953. The van der Waals surface area contributed by atoms with Crippen molar-refractivity contribution in [2.24, 2.45) is 0 Å². The van der Waals surface area contributed by atoms with Gasteiger partial charge in [0, 0.05) is 11.9 Å². The minimum atomic E-state index is -0.138. The summed E-state index contributed by atoms with van der Waals surface area (Å²) in [6, 6.07) is 17.8. The SMILES string of the molecule is Cc1ccccc1Nc1cc(-c2ccc3c(c2)NC(=O)CO3)ccn1. The van der Waals surface area contributed by atoms with E-state index in [-0.39, 0.29) is 12.5 Å². The first-order valence-electron chi connectivity index (χ1n) is 8.05. The van der Waals surface area contributed by atoms with Crippen LogP contribution in [0, 0.1) is 6.92 Å². The van der Waals surface area contributed by atoms with Crippen LogP contribution in [0.15, 0.2) is 60.8 Å². The Kier molecular flexibility index (Phi) is 3.82. The number of anilines is 3. The highest BCUT2D eigenvalue weighted by Crippen LogP contribution is 2.33. The predicted octanol–water partition coefficient (Wildman–Crippen LogP) is 4.13. The lowest BCUT2D eigenvalue weighted by Gasteiger charge is -2.18. The fourth-order valence-corrected chi connectivity index (χ4v) is 2.79. The van der Waals surface area contributed by atoms with Crippen molar-refractivity contribution in [1.82, 2.24) is 4.98 Å². The van der Waals surface area contributed by atoms with E-state index in [4.69, 9.17) is 4.74 Å². The third kappa shape index (κ3) is 3.17. The molecule has 3 aromatic rings. The van der Waals surface area contributed by atoms with Crippen LogP contribution in [0.4, 0.5) is 17.2 Å². The molecule has 1 aliphatic rings. The Hall–Kier alpha value is -3.34. The van der Waals surface area contributed by atoms with Gasteiger partial charge in [0.25, 0.3) is 5.91 Å². The average molecular weight is 331 g/mol. The van der Waals surface area contributed by atoms with Crippen LogP contribution in [-0.4, -0.2) is 17.5 Å². The minimum absolute atomic E-state index is 0.0616. The molecule has 2 aromatic carbocycles. The number of ether oxygens (including phenoxy) is 1. The first-order valence-corrected chi connectivity index (χ1v) is 8.05. The zero-order valence-electron chi connectivity index (χ0n) is 13.7. The van der Waals surface area contributed by atoms with Gasteiger partial charge in [-0.25, -0.2) is 4.98 Å². The second-order valence-corrected chi connectivity index (χ2v) is 5.92. The summed E-state index contributed by atoms with van der Waals surface area (Å²) in [5.74, 6) is 1.32. The maximum Gasteiger partial charge on any atom is 0.262 e. The Balaban J connectivity index is 1.65. The number of aryl methyl sites for hydroxylation is 1. The van der Waals surface area contributed by atoms with Gasteiger partial charge in [0.2, 0.25) is 0 Å². The predicted molar refractivity (Wildman–Crippen MR) is 98.3 cm³/mol. The van der Waals surface area contributed by atoms with Gasteiger partial charge in [-0.3, -0.25) is 4.79 Å². The largest absolute Gasteiger partial charge is 0.482 e. The van der Waals surface area contributed by atoms with Gasteiger partial charge < -0.3 is 15.4 Å². The molecule has 0 atom stereocenters. The van der Waals surface area contributed by atoms with Crippen LogP contribution in [0.25, 0.3) is 11.1 Å². The van der Waals surface area contributed by atoms with E-state index in [1.165, 1.54) is 0 Å². The van der Waals surface area contributed by atoms with E-state index in [9.17, 15) is 4.79 Å². The lowest BCUT2D eigenvalue weighted by atomic mass is 10.1. The highest BCUT2D eigenvalue weighted by atomic mass is 16.5. The molecular formula is C20H17N3O2. The smallest absolute Gasteiger partial charge is 0.262 e. The molecule has 1 aliphatic heterocycles. The quantitative estimate of drug-likeness (QED) is 0.757. The van der Waals surface area contributed by atoms with Gasteiger partial charge in [-0.1, -0.05) is 24.3 Å². The number of carbonyl (C=O) groups is 1. The first-order chi connectivity index (χ1) is 12.2. The normalized spacial score (nSPS) is 12.8. The summed E-state index contributed by atoms with van der Waals surface area (Å²) in [6.45, 7) is 2.12. The summed E-state index contributed by atoms with van der Waals surface area (Å²) >= 11 is 0. The zero-order valence-corrected chi connectivity index (χ0v) is 13.7. The molecule has 4 rings (SSSR count). The monoisotopic (exact) mass is 331 g/mol. The summed E-state index contributed by atoms with van der Waals surface area (Å²) in [5.41, 5.74) is 4.87. The van der Waals surface area contributed by atoms with Crippen LogP contribution >= 0.6 is 0 Å². The number of rotatable bonds is 3. The number of nitrogens with zero attached hydrogens (tertiary/aromatic N) is 1. The number of amides is 1. The van der Waals surface area contributed by atoms with E-state index < -0.39 is 0 Å². The zero-order chi connectivity index (χ0) is 17.2. The summed E-state index contributed by atoms with van der Waals surface area (Å²) < 4.78 is 5.41. The van der Waals surface area contributed by atoms with Gasteiger partial charge in [-0.05, 0) is 53.9 Å². The summed E-state index contributed by atoms with van der Waals surface area (Å²) in [6.07, 6.45) is 1.77. The molecule has 0 fully saturated rings. The van der Waals surface area contributed by atoms with Crippen molar-refractivity contribution >= 4 is 23.1 Å². The number of nitrogens with one attached hydrogen (secondary N) is 2. The summed E-state index contributed by atoms with van der Waals surface area (Å²) in [4.78, 5) is 15.9. The number of carbonyl (C=O) groups excluding carboxylic acids is 1. The molecule has 1 aromatic heterocycles. The number of hydrogen-bond donors (Lipinski definition) is 2. The lowest BCUT2D eigenvalue weighted by Crippen LogP contribution is -2.25. The number of benzene rings is 2. The number of para-hydroxylation sites is 1. The topological polar surface area (TPSA) is 63.2 Å². The molecule has 0 radical (unpaired) electrons. The Morgan fingerprint density at radius 3 is 2.80 bits per heavy atom. The van der Waals surface area contributed by atoms with Crippen LogP contribution in [0.2, 0.25) is 0 Å². The van der Waals surface area contributed by atoms with Gasteiger partial charge in [0.05, 0.1) is 5.69 Å². The van der Waals surface area contributed by atoms with Crippen molar-refractivity contribution in [2.75, 3.05) is 17.2 Å². The fourth-order valence-electron chi connectivity index (χ4n) is 2.79. The Labute approximate surface area is 145 Å². The van der Waals surface area contributed by atoms with E-state index in [0.29, 0.717) is 11.4 Å². The van der Waals surface area contributed by atoms with Crippen molar-refractivity contribution in [2.45, 2.75) is 6.92 Å². The molecule has 2 heterocycles. The highest BCUT2D eigenvalue weighted by Gasteiger charge is 2.16. The van der Waals surface area contributed by atoms with E-state index in [2.05, 4.69) is 28.6 Å². The molecule has 0 saturated carbocycles. The van der Waals surface area contributed by atoms with Gasteiger partial charge in [-0.2, -0.15) is 0 Å². The van der Waals surface area contributed by atoms with Crippen LogP contribution in [0.1, 0.15) is 5.56 Å².